The van der Waals surface area contributed by atoms with Crippen LogP contribution in [0.3, 0.4) is 0 Å². The molecule has 0 aliphatic heterocycles. The molecule has 0 aliphatic carbocycles. The maximum atomic E-state index is 11.7. The van der Waals surface area contributed by atoms with Crippen LogP contribution in [-0.4, -0.2) is 7.27 Å². The first-order valence-electron chi connectivity index (χ1n) is 3.11. The summed E-state index contributed by atoms with van der Waals surface area (Å²) in [6, 6.07) is 8.74. The van der Waals surface area contributed by atoms with E-state index in [0.29, 0.717) is 5.56 Å². The van der Waals surface area contributed by atoms with Crippen molar-refractivity contribution >= 4 is 7.27 Å². The Morgan fingerprint density at radius 3 is 2.20 bits per heavy atom. The van der Waals surface area contributed by atoms with E-state index in [1.165, 1.54) is 0 Å². The molecule has 0 unspecified atom stereocenters. The predicted octanol–water partition coefficient (Wildman–Crippen LogP) is 2.20. The molecule has 10 heavy (non-hydrogen) atoms. The van der Waals surface area contributed by atoms with E-state index in [2.05, 4.69) is 0 Å². The summed E-state index contributed by atoms with van der Waals surface area (Å²) in [7, 11) is -2.23. The molecule has 0 aliphatic rings. The Morgan fingerprint density at radius 2 is 1.70 bits per heavy atom. The van der Waals surface area contributed by atoms with Crippen LogP contribution >= 0.6 is 0 Å². The van der Waals surface area contributed by atoms with E-state index in [9.17, 15) is 8.63 Å². The summed E-state index contributed by atoms with van der Waals surface area (Å²) in [5.41, 5.74) is 0.692. The van der Waals surface area contributed by atoms with Gasteiger partial charge < -0.3 is 0 Å². The normalized spacial score (nSPS) is 9.40. The zero-order valence-corrected chi connectivity index (χ0v) is 5.43. The minimum absolute atomic E-state index is 0.138. The van der Waals surface area contributed by atoms with Gasteiger partial charge in [-0.05, 0) is 5.56 Å². The summed E-state index contributed by atoms with van der Waals surface area (Å²) >= 11 is 0. The smallest absolute Gasteiger partial charge is 0.287 e. The molecule has 0 heterocycles. The molecule has 0 saturated heterocycles. The first-order chi connectivity index (χ1) is 4.79. The summed E-state index contributed by atoms with van der Waals surface area (Å²) in [6.07, 6.45) is -0.138. The molecular formula is C7H7BF2. The number of halogens is 2. The predicted molar refractivity (Wildman–Crippen MR) is 38.1 cm³/mol. The van der Waals surface area contributed by atoms with E-state index in [0.717, 1.165) is 0 Å². The highest BCUT2D eigenvalue weighted by Gasteiger charge is 2.11. The zero-order chi connectivity index (χ0) is 7.40. The molecule has 1 rings (SSSR count). The lowest BCUT2D eigenvalue weighted by atomic mass is 9.88. The van der Waals surface area contributed by atoms with E-state index in [4.69, 9.17) is 0 Å². The number of hydrogen-bond donors (Lipinski definition) is 0. The minimum Gasteiger partial charge on any atom is -0.287 e. The molecule has 3 heteroatoms. The van der Waals surface area contributed by atoms with Crippen molar-refractivity contribution in [2.75, 3.05) is 0 Å². The van der Waals surface area contributed by atoms with Gasteiger partial charge in [0.05, 0.1) is 0 Å². The average molecular weight is 140 g/mol. The van der Waals surface area contributed by atoms with E-state index >= 15 is 0 Å². The van der Waals surface area contributed by atoms with Crippen molar-refractivity contribution in [2.45, 2.75) is 6.32 Å². The molecule has 52 valence electrons. The fourth-order valence-corrected chi connectivity index (χ4v) is 0.792. The van der Waals surface area contributed by atoms with Gasteiger partial charge in [-0.3, -0.25) is 8.63 Å². The van der Waals surface area contributed by atoms with Gasteiger partial charge in [0.2, 0.25) is 0 Å². The van der Waals surface area contributed by atoms with Crippen LogP contribution in [0.5, 0.6) is 0 Å². The van der Waals surface area contributed by atoms with E-state index < -0.39 is 7.27 Å². The van der Waals surface area contributed by atoms with Crippen molar-refractivity contribution < 1.29 is 8.63 Å². The Labute approximate surface area is 59.0 Å². The Hall–Kier alpha value is -0.855. The summed E-state index contributed by atoms with van der Waals surface area (Å²) in [5.74, 6) is 0. The van der Waals surface area contributed by atoms with Crippen molar-refractivity contribution in [3.63, 3.8) is 0 Å². The monoisotopic (exact) mass is 140 g/mol. The molecule has 0 atom stereocenters. The van der Waals surface area contributed by atoms with E-state index in [-0.39, 0.29) is 6.32 Å². The van der Waals surface area contributed by atoms with Crippen molar-refractivity contribution in [3.05, 3.63) is 35.9 Å². The van der Waals surface area contributed by atoms with Gasteiger partial charge in [-0.15, -0.1) is 0 Å². The van der Waals surface area contributed by atoms with Crippen LogP contribution in [0, 0.1) is 0 Å². The first-order valence-corrected chi connectivity index (χ1v) is 3.11. The largest absolute Gasteiger partial charge is 0.542 e. The molecule has 1 aromatic rings. The van der Waals surface area contributed by atoms with Gasteiger partial charge in [0.25, 0.3) is 0 Å². The number of rotatable bonds is 2. The summed E-state index contributed by atoms with van der Waals surface area (Å²) in [6.45, 7) is 0. The lowest BCUT2D eigenvalue weighted by Gasteiger charge is -1.93. The Kier molecular flexibility index (Phi) is 2.43. The molecular weight excluding hydrogens is 133 g/mol. The standard InChI is InChI=1S/C7H7BF2/c9-8(10)6-7-4-2-1-3-5-7/h1-5H,6H2. The minimum atomic E-state index is -2.23. The fourth-order valence-electron chi connectivity index (χ4n) is 0.792. The van der Waals surface area contributed by atoms with Crippen molar-refractivity contribution in [1.29, 1.82) is 0 Å². The quantitative estimate of drug-likeness (QED) is 0.552. The van der Waals surface area contributed by atoms with Gasteiger partial charge in [-0.2, -0.15) is 0 Å². The topological polar surface area (TPSA) is 0 Å². The highest BCUT2D eigenvalue weighted by Crippen LogP contribution is 2.02. The molecule has 0 nitrogen and oxygen atoms in total. The molecule has 0 aromatic heterocycles. The molecule has 0 fully saturated rings. The van der Waals surface area contributed by atoms with Crippen LogP contribution in [0.1, 0.15) is 5.56 Å². The Balaban J connectivity index is 2.59. The summed E-state index contributed by atoms with van der Waals surface area (Å²) < 4.78 is 23.4. The fraction of sp³-hybridized carbons (Fsp3) is 0.143. The molecule has 0 N–H and O–H groups in total. The Bertz CT molecular complexity index is 186. The van der Waals surface area contributed by atoms with Gasteiger partial charge in [0.15, 0.2) is 0 Å². The lowest BCUT2D eigenvalue weighted by Crippen LogP contribution is -2.01. The molecule has 0 bridgehead atoms. The van der Waals surface area contributed by atoms with Gasteiger partial charge >= 0.3 is 7.27 Å². The second kappa shape index (κ2) is 3.35. The summed E-state index contributed by atoms with van der Waals surface area (Å²) in [5, 5.41) is 0. The molecule has 1 aromatic carbocycles. The number of hydrogen-bond acceptors (Lipinski definition) is 0. The van der Waals surface area contributed by atoms with Gasteiger partial charge in [-0.25, -0.2) is 0 Å². The second-order valence-electron chi connectivity index (χ2n) is 2.08. The molecule has 0 saturated carbocycles. The van der Waals surface area contributed by atoms with Crippen molar-refractivity contribution in [1.82, 2.24) is 0 Å². The Morgan fingerprint density at radius 1 is 1.10 bits per heavy atom. The van der Waals surface area contributed by atoms with Gasteiger partial charge in [-0.1, -0.05) is 30.3 Å². The van der Waals surface area contributed by atoms with Crippen molar-refractivity contribution in [2.24, 2.45) is 0 Å². The maximum absolute atomic E-state index is 11.7. The molecule has 0 spiro atoms. The first kappa shape index (κ1) is 7.25. The average Bonchev–Trinajstić information content (AvgIpc) is 1.88. The maximum Gasteiger partial charge on any atom is 0.542 e. The third kappa shape index (κ3) is 2.17. The number of benzene rings is 1. The second-order valence-corrected chi connectivity index (χ2v) is 2.08. The van der Waals surface area contributed by atoms with Crippen molar-refractivity contribution in [3.8, 4) is 0 Å². The highest BCUT2D eigenvalue weighted by atomic mass is 19.2. The van der Waals surface area contributed by atoms with Crippen LogP contribution in [-0.2, 0) is 6.32 Å². The third-order valence-corrected chi connectivity index (χ3v) is 1.23. The summed E-state index contributed by atoms with van der Waals surface area (Å²) in [4.78, 5) is 0. The van der Waals surface area contributed by atoms with Crippen LogP contribution in [0.4, 0.5) is 8.63 Å². The van der Waals surface area contributed by atoms with Crippen LogP contribution < -0.4 is 0 Å². The molecule has 0 amide bonds. The van der Waals surface area contributed by atoms with Gasteiger partial charge in [0.1, 0.15) is 0 Å². The van der Waals surface area contributed by atoms with Crippen LogP contribution in [0.2, 0.25) is 0 Å². The SMILES string of the molecule is FB(F)Cc1ccccc1. The molecule has 0 radical (unpaired) electrons. The highest BCUT2D eigenvalue weighted by molar-refractivity contribution is 6.42. The van der Waals surface area contributed by atoms with Crippen LogP contribution in [0.25, 0.3) is 0 Å². The third-order valence-electron chi connectivity index (χ3n) is 1.23. The van der Waals surface area contributed by atoms with E-state index in [1.54, 1.807) is 24.3 Å². The van der Waals surface area contributed by atoms with E-state index in [1.807, 2.05) is 6.07 Å². The van der Waals surface area contributed by atoms with Crippen LogP contribution in [0.15, 0.2) is 30.3 Å². The zero-order valence-electron chi connectivity index (χ0n) is 5.43. The van der Waals surface area contributed by atoms with Gasteiger partial charge in [0, 0.05) is 6.32 Å². The lowest BCUT2D eigenvalue weighted by molar-refractivity contribution is 0.654.